The predicted octanol–water partition coefficient (Wildman–Crippen LogP) is 4.29. The maximum Gasteiger partial charge on any atom is 0.340 e. The smallest absolute Gasteiger partial charge is 0.340 e. The summed E-state index contributed by atoms with van der Waals surface area (Å²) in [5.74, 6) is -0.652. The van der Waals surface area contributed by atoms with E-state index in [0.29, 0.717) is 10.2 Å². The molecule has 19 heavy (non-hydrogen) atoms. The van der Waals surface area contributed by atoms with Crippen LogP contribution in [0.4, 0.5) is 0 Å². The number of rotatable bonds is 4. The number of hydrogen-bond donors (Lipinski definition) is 1. The minimum Gasteiger partial charge on any atom is -0.485 e. The highest BCUT2D eigenvalue weighted by atomic mass is 79.9. The molecule has 98 valence electrons. The molecule has 0 heterocycles. The minimum atomic E-state index is -1.01. The third kappa shape index (κ3) is 3.15. The third-order valence-corrected chi connectivity index (χ3v) is 3.42. The Hall–Kier alpha value is -1.81. The Morgan fingerprint density at radius 2 is 1.84 bits per heavy atom. The summed E-state index contributed by atoms with van der Waals surface area (Å²) in [6.45, 7) is 1.89. The summed E-state index contributed by atoms with van der Waals surface area (Å²) < 4.78 is 6.27. The number of benzene rings is 2. The summed E-state index contributed by atoms with van der Waals surface area (Å²) in [6.07, 6.45) is -0.214. The summed E-state index contributed by atoms with van der Waals surface area (Å²) >= 11 is 3.23. The Labute approximate surface area is 120 Å². The lowest BCUT2D eigenvalue weighted by molar-refractivity contribution is 0.0688. The predicted molar refractivity (Wildman–Crippen MR) is 76.6 cm³/mol. The lowest BCUT2D eigenvalue weighted by atomic mass is 10.1. The summed E-state index contributed by atoms with van der Waals surface area (Å²) in [5, 5.41) is 9.22. The van der Waals surface area contributed by atoms with Gasteiger partial charge >= 0.3 is 5.97 Å². The number of hydrogen-bond acceptors (Lipinski definition) is 2. The number of ether oxygens (including phenoxy) is 1. The van der Waals surface area contributed by atoms with Crippen LogP contribution in [0.2, 0.25) is 0 Å². The van der Waals surface area contributed by atoms with Crippen molar-refractivity contribution in [3.8, 4) is 5.75 Å². The normalized spacial score (nSPS) is 11.9. The maximum absolute atomic E-state index is 11.3. The van der Waals surface area contributed by atoms with Gasteiger partial charge in [0.2, 0.25) is 0 Å². The van der Waals surface area contributed by atoms with Gasteiger partial charge in [-0.1, -0.05) is 36.4 Å². The zero-order chi connectivity index (χ0) is 13.8. The van der Waals surface area contributed by atoms with Crippen molar-refractivity contribution in [3.05, 3.63) is 64.1 Å². The van der Waals surface area contributed by atoms with E-state index in [9.17, 15) is 9.90 Å². The van der Waals surface area contributed by atoms with Crippen molar-refractivity contribution in [2.24, 2.45) is 0 Å². The van der Waals surface area contributed by atoms with Crippen LogP contribution >= 0.6 is 15.9 Å². The fraction of sp³-hybridized carbons (Fsp3) is 0.133. The average Bonchev–Trinajstić information content (AvgIpc) is 2.39. The molecular weight excluding hydrogens is 308 g/mol. The highest BCUT2D eigenvalue weighted by Gasteiger charge is 2.17. The Morgan fingerprint density at radius 3 is 2.47 bits per heavy atom. The van der Waals surface area contributed by atoms with Crippen LogP contribution in [0.3, 0.4) is 0 Å². The Morgan fingerprint density at radius 1 is 1.16 bits per heavy atom. The first-order valence-electron chi connectivity index (χ1n) is 5.83. The van der Waals surface area contributed by atoms with Crippen LogP contribution in [0.5, 0.6) is 5.75 Å². The lowest BCUT2D eigenvalue weighted by Gasteiger charge is -2.17. The fourth-order valence-electron chi connectivity index (χ4n) is 1.79. The van der Waals surface area contributed by atoms with Crippen molar-refractivity contribution in [2.45, 2.75) is 13.0 Å². The van der Waals surface area contributed by atoms with E-state index in [4.69, 9.17) is 4.74 Å². The van der Waals surface area contributed by atoms with Gasteiger partial charge in [-0.2, -0.15) is 0 Å². The first-order valence-corrected chi connectivity index (χ1v) is 6.62. The van der Waals surface area contributed by atoms with Crippen LogP contribution in [0.15, 0.2) is 53.0 Å². The molecule has 0 aromatic heterocycles. The second-order valence-corrected chi connectivity index (χ2v) is 4.94. The van der Waals surface area contributed by atoms with Gasteiger partial charge in [0.25, 0.3) is 0 Å². The first kappa shape index (κ1) is 13.6. The SMILES string of the molecule is CC(Oc1cccc(Br)c1C(=O)O)c1ccccc1. The Balaban J connectivity index is 2.29. The molecule has 0 saturated heterocycles. The van der Waals surface area contributed by atoms with Crippen LogP contribution in [-0.2, 0) is 0 Å². The van der Waals surface area contributed by atoms with Crippen molar-refractivity contribution in [1.29, 1.82) is 0 Å². The van der Waals surface area contributed by atoms with Crippen LogP contribution in [0, 0.1) is 0 Å². The molecular formula is C15H13BrO3. The molecule has 2 rings (SSSR count). The van der Waals surface area contributed by atoms with E-state index >= 15 is 0 Å². The second-order valence-electron chi connectivity index (χ2n) is 4.09. The second kappa shape index (κ2) is 5.89. The van der Waals surface area contributed by atoms with Crippen LogP contribution in [0.25, 0.3) is 0 Å². The first-order chi connectivity index (χ1) is 9.09. The molecule has 0 fully saturated rings. The fourth-order valence-corrected chi connectivity index (χ4v) is 2.31. The summed E-state index contributed by atoms with van der Waals surface area (Å²) in [7, 11) is 0. The van der Waals surface area contributed by atoms with Gasteiger partial charge < -0.3 is 9.84 Å². The molecule has 3 nitrogen and oxygen atoms in total. The molecule has 1 unspecified atom stereocenters. The van der Waals surface area contributed by atoms with Gasteiger partial charge in [-0.25, -0.2) is 4.79 Å². The van der Waals surface area contributed by atoms with Gasteiger partial charge in [0.1, 0.15) is 17.4 Å². The van der Waals surface area contributed by atoms with Gasteiger partial charge in [-0.15, -0.1) is 0 Å². The molecule has 0 bridgehead atoms. The Kier molecular flexibility index (Phi) is 4.22. The summed E-state index contributed by atoms with van der Waals surface area (Å²) in [4.78, 5) is 11.3. The van der Waals surface area contributed by atoms with E-state index in [1.807, 2.05) is 37.3 Å². The van der Waals surface area contributed by atoms with Crippen molar-refractivity contribution in [2.75, 3.05) is 0 Å². The molecule has 4 heteroatoms. The van der Waals surface area contributed by atoms with Crippen molar-refractivity contribution >= 4 is 21.9 Å². The van der Waals surface area contributed by atoms with Crippen LogP contribution in [0.1, 0.15) is 28.9 Å². The number of carboxylic acid groups (broad SMARTS) is 1. The number of carbonyl (C=O) groups is 1. The van der Waals surface area contributed by atoms with Gasteiger partial charge in [-0.05, 0) is 40.5 Å². The van der Waals surface area contributed by atoms with Crippen molar-refractivity contribution in [3.63, 3.8) is 0 Å². The zero-order valence-corrected chi connectivity index (χ0v) is 11.9. The molecule has 0 aliphatic rings. The molecule has 0 aliphatic carbocycles. The number of carboxylic acids is 1. The highest BCUT2D eigenvalue weighted by molar-refractivity contribution is 9.10. The standard InChI is InChI=1S/C15H13BrO3/c1-10(11-6-3-2-4-7-11)19-13-9-5-8-12(16)14(13)15(17)18/h2-10H,1H3,(H,17,18). The van der Waals surface area contributed by atoms with Gasteiger partial charge in [0, 0.05) is 4.47 Å². The van der Waals surface area contributed by atoms with Gasteiger partial charge in [0.05, 0.1) is 0 Å². The van der Waals surface area contributed by atoms with Gasteiger partial charge in [0.15, 0.2) is 0 Å². The number of aromatic carboxylic acids is 1. The van der Waals surface area contributed by atoms with E-state index in [-0.39, 0.29) is 11.7 Å². The van der Waals surface area contributed by atoms with Crippen LogP contribution < -0.4 is 4.74 Å². The van der Waals surface area contributed by atoms with Gasteiger partial charge in [-0.3, -0.25) is 0 Å². The van der Waals surface area contributed by atoms with Crippen molar-refractivity contribution in [1.82, 2.24) is 0 Å². The summed E-state index contributed by atoms with van der Waals surface area (Å²) in [5.41, 5.74) is 1.14. The highest BCUT2D eigenvalue weighted by Crippen LogP contribution is 2.30. The molecule has 0 radical (unpaired) electrons. The number of halogens is 1. The van der Waals surface area contributed by atoms with E-state index in [1.165, 1.54) is 0 Å². The van der Waals surface area contributed by atoms with E-state index in [1.54, 1.807) is 18.2 Å². The van der Waals surface area contributed by atoms with E-state index in [0.717, 1.165) is 5.56 Å². The van der Waals surface area contributed by atoms with Crippen molar-refractivity contribution < 1.29 is 14.6 Å². The average molecular weight is 321 g/mol. The minimum absolute atomic E-state index is 0.144. The van der Waals surface area contributed by atoms with Crippen LogP contribution in [-0.4, -0.2) is 11.1 Å². The monoisotopic (exact) mass is 320 g/mol. The molecule has 1 N–H and O–H groups in total. The molecule has 1 atom stereocenters. The summed E-state index contributed by atoms with van der Waals surface area (Å²) in [6, 6.07) is 14.8. The van der Waals surface area contributed by atoms with E-state index < -0.39 is 5.97 Å². The molecule has 0 amide bonds. The third-order valence-electron chi connectivity index (χ3n) is 2.76. The molecule has 2 aromatic carbocycles. The topological polar surface area (TPSA) is 46.5 Å². The zero-order valence-electron chi connectivity index (χ0n) is 10.3. The molecule has 0 saturated carbocycles. The molecule has 0 aliphatic heterocycles. The largest absolute Gasteiger partial charge is 0.485 e. The van der Waals surface area contributed by atoms with E-state index in [2.05, 4.69) is 15.9 Å². The maximum atomic E-state index is 11.3. The molecule has 2 aromatic rings. The quantitative estimate of drug-likeness (QED) is 0.914. The lowest BCUT2D eigenvalue weighted by Crippen LogP contribution is -2.08. The Bertz CT molecular complexity index is 581. The molecule has 0 spiro atoms.